The minimum atomic E-state index is -0.389. The van der Waals surface area contributed by atoms with Crippen LogP contribution in [0, 0.1) is 17.1 Å². The third-order valence-corrected chi connectivity index (χ3v) is 9.36. The number of piperazine rings is 1. The number of carbonyl (C=O) groups is 1. The third-order valence-electron chi connectivity index (χ3n) is 8.32. The van der Waals surface area contributed by atoms with E-state index in [4.69, 9.17) is 14.7 Å². The van der Waals surface area contributed by atoms with Gasteiger partial charge >= 0.3 is 0 Å². The minimum Gasteiger partial charge on any atom is -0.489 e. The van der Waals surface area contributed by atoms with Gasteiger partial charge in [0.05, 0.1) is 36.2 Å². The number of thiazole rings is 1. The molecule has 43 heavy (non-hydrogen) atoms. The second-order valence-electron chi connectivity index (χ2n) is 11.1. The molecule has 3 aliphatic heterocycles. The smallest absolute Gasteiger partial charge is 0.236 e. The number of nitriles is 1. The lowest BCUT2D eigenvalue weighted by Crippen LogP contribution is -2.57. The molecule has 10 nitrogen and oxygen atoms in total. The number of β-amino-alcohol motifs (C(OH)–C–C–N with tert-alkyl or cyclic N) is 1. The van der Waals surface area contributed by atoms with E-state index in [9.17, 15) is 19.6 Å². The summed E-state index contributed by atoms with van der Waals surface area (Å²) >= 11 is 1.28. The van der Waals surface area contributed by atoms with Crippen LogP contribution in [0.15, 0.2) is 42.5 Å². The predicted octanol–water partition coefficient (Wildman–Crippen LogP) is 3.40. The van der Waals surface area contributed by atoms with Crippen LogP contribution in [0.25, 0.3) is 22.2 Å². The Bertz CT molecular complexity index is 1740. The van der Waals surface area contributed by atoms with Crippen molar-refractivity contribution in [1.82, 2.24) is 19.8 Å². The van der Waals surface area contributed by atoms with Gasteiger partial charge in [-0.05, 0) is 42.5 Å². The molecule has 2 aromatic carbocycles. The van der Waals surface area contributed by atoms with Crippen LogP contribution >= 0.6 is 11.3 Å². The number of amides is 1. The summed E-state index contributed by atoms with van der Waals surface area (Å²) in [7, 11) is 1.92. The summed E-state index contributed by atoms with van der Waals surface area (Å²) < 4.78 is 19.7. The van der Waals surface area contributed by atoms with E-state index in [1.165, 1.54) is 23.5 Å². The molecule has 4 aromatic rings. The molecule has 7 rings (SSSR count). The highest BCUT2D eigenvalue weighted by Gasteiger charge is 2.31. The molecular weight excluding hydrogens is 569 g/mol. The molecule has 0 atom stereocenters. The lowest BCUT2D eigenvalue weighted by Gasteiger charge is -2.39. The van der Waals surface area contributed by atoms with E-state index < -0.39 is 0 Å². The summed E-state index contributed by atoms with van der Waals surface area (Å²) in [6.45, 7) is 4.87. The van der Waals surface area contributed by atoms with Crippen LogP contribution in [-0.2, 0) is 11.2 Å². The Morgan fingerprint density at radius 3 is 2.65 bits per heavy atom. The number of hydrogen-bond donors (Lipinski definition) is 1. The number of rotatable bonds is 6. The van der Waals surface area contributed by atoms with Gasteiger partial charge in [0.25, 0.3) is 0 Å². The first-order chi connectivity index (χ1) is 20.9. The van der Waals surface area contributed by atoms with E-state index >= 15 is 0 Å². The maximum absolute atomic E-state index is 13.6. The van der Waals surface area contributed by atoms with E-state index in [0.29, 0.717) is 53.9 Å². The van der Waals surface area contributed by atoms with Gasteiger partial charge in [-0.2, -0.15) is 5.26 Å². The molecule has 0 aliphatic carbocycles. The second-order valence-corrected chi connectivity index (χ2v) is 12.1. The zero-order valence-electron chi connectivity index (χ0n) is 23.7. The summed E-state index contributed by atoms with van der Waals surface area (Å²) in [4.78, 5) is 30.8. The van der Waals surface area contributed by atoms with E-state index in [0.717, 1.165) is 59.9 Å². The first kappa shape index (κ1) is 27.5. The predicted molar refractivity (Wildman–Crippen MR) is 162 cm³/mol. The Kier molecular flexibility index (Phi) is 7.09. The first-order valence-corrected chi connectivity index (χ1v) is 15.1. The van der Waals surface area contributed by atoms with Gasteiger partial charge in [0.2, 0.25) is 5.91 Å². The molecule has 0 spiro atoms. The fourth-order valence-corrected chi connectivity index (χ4v) is 6.76. The number of halogens is 1. The highest BCUT2D eigenvalue weighted by molar-refractivity contribution is 7.16. The number of likely N-dealkylation sites (tertiary alicyclic amines) is 1. The molecular formula is C31H30FN7O3S. The zero-order chi connectivity index (χ0) is 29.7. The molecule has 12 heteroatoms. The second kappa shape index (κ2) is 11.1. The molecule has 0 radical (unpaired) electrons. The molecule has 3 aliphatic rings. The van der Waals surface area contributed by atoms with Gasteiger partial charge < -0.3 is 24.5 Å². The Morgan fingerprint density at radius 1 is 1.16 bits per heavy atom. The SMILES string of the molecule is CN(c1nc(-c2ccc(F)cc2)c(C#N)s1)c1c2c(nc3ccc(N4CCN(CC(=O)N5CC(O)C5)CC4)cc13)CCO2. The molecule has 5 heterocycles. The minimum absolute atomic E-state index is 0.0707. The number of anilines is 3. The quantitative estimate of drug-likeness (QED) is 0.357. The molecule has 0 saturated carbocycles. The van der Waals surface area contributed by atoms with Crippen LogP contribution in [-0.4, -0.2) is 96.4 Å². The molecule has 0 bridgehead atoms. The largest absolute Gasteiger partial charge is 0.489 e. The van der Waals surface area contributed by atoms with Crippen LogP contribution in [0.1, 0.15) is 10.6 Å². The number of fused-ring (bicyclic) bond motifs is 2. The van der Waals surface area contributed by atoms with Gasteiger partial charge in [-0.1, -0.05) is 11.3 Å². The van der Waals surface area contributed by atoms with Gasteiger partial charge in [0.1, 0.15) is 22.5 Å². The fraction of sp³-hybridized carbons (Fsp3) is 0.355. The molecule has 0 unspecified atom stereocenters. The standard InChI is InChI=1S/C31H30FN7O3S/c1-36(31-35-28(26(15-33)43-31)19-2-4-20(32)5-3-19)29-23-14-21(6-7-24(23)34-25-8-13-42-30(25)29)38-11-9-37(10-12-38)18-27(41)39-16-22(40)17-39/h2-7,14,22,40H,8-13,16-18H2,1H3. The normalized spacial score (nSPS) is 17.0. The number of aromatic nitrogens is 2. The van der Waals surface area contributed by atoms with E-state index in [1.54, 1.807) is 17.0 Å². The van der Waals surface area contributed by atoms with Crippen molar-refractivity contribution < 1.29 is 19.0 Å². The summed E-state index contributed by atoms with van der Waals surface area (Å²) in [5.41, 5.74) is 4.86. The molecule has 2 aromatic heterocycles. The number of benzene rings is 2. The van der Waals surface area contributed by atoms with Gasteiger partial charge in [0, 0.05) is 69.4 Å². The Labute approximate surface area is 252 Å². The first-order valence-electron chi connectivity index (χ1n) is 14.3. The van der Waals surface area contributed by atoms with Crippen LogP contribution in [0.5, 0.6) is 5.75 Å². The molecule has 220 valence electrons. The Morgan fingerprint density at radius 2 is 1.93 bits per heavy atom. The summed E-state index contributed by atoms with van der Waals surface area (Å²) in [6.07, 6.45) is 0.326. The molecule has 2 fully saturated rings. The van der Waals surface area contributed by atoms with Crippen molar-refractivity contribution in [2.45, 2.75) is 12.5 Å². The summed E-state index contributed by atoms with van der Waals surface area (Å²) in [5.74, 6) is 0.453. The van der Waals surface area contributed by atoms with Crippen molar-refractivity contribution in [3.63, 3.8) is 0 Å². The van der Waals surface area contributed by atoms with Crippen molar-refractivity contribution in [2.75, 3.05) is 69.3 Å². The number of aliphatic hydroxyl groups is 1. The van der Waals surface area contributed by atoms with Crippen LogP contribution in [0.2, 0.25) is 0 Å². The van der Waals surface area contributed by atoms with Crippen molar-refractivity contribution in [1.29, 1.82) is 5.26 Å². The summed E-state index contributed by atoms with van der Waals surface area (Å²) in [5, 5.41) is 20.9. The monoisotopic (exact) mass is 599 g/mol. The van der Waals surface area contributed by atoms with Crippen molar-refractivity contribution in [3.8, 4) is 23.1 Å². The maximum Gasteiger partial charge on any atom is 0.236 e. The lowest BCUT2D eigenvalue weighted by atomic mass is 10.1. The van der Waals surface area contributed by atoms with Gasteiger partial charge in [-0.25, -0.2) is 14.4 Å². The molecule has 1 N–H and O–H groups in total. The van der Waals surface area contributed by atoms with Crippen molar-refractivity contribution >= 4 is 44.7 Å². The van der Waals surface area contributed by atoms with Gasteiger partial charge in [-0.3, -0.25) is 9.69 Å². The number of aliphatic hydroxyl groups excluding tert-OH is 1. The van der Waals surface area contributed by atoms with Crippen LogP contribution in [0.4, 0.5) is 20.9 Å². The lowest BCUT2D eigenvalue weighted by molar-refractivity contribution is -0.142. The highest BCUT2D eigenvalue weighted by atomic mass is 32.1. The van der Waals surface area contributed by atoms with Crippen molar-refractivity contribution in [2.24, 2.45) is 0 Å². The van der Waals surface area contributed by atoms with Gasteiger partial charge in [-0.15, -0.1) is 0 Å². The van der Waals surface area contributed by atoms with Gasteiger partial charge in [0.15, 0.2) is 10.9 Å². The fourth-order valence-electron chi connectivity index (χ4n) is 5.91. The molecule has 1 amide bonds. The third kappa shape index (κ3) is 5.14. The van der Waals surface area contributed by atoms with E-state index in [1.807, 2.05) is 18.0 Å². The van der Waals surface area contributed by atoms with E-state index in [-0.39, 0.29) is 17.8 Å². The van der Waals surface area contributed by atoms with Crippen LogP contribution < -0.4 is 14.5 Å². The topological polar surface area (TPSA) is 109 Å². The Hall–Kier alpha value is -4.31. The van der Waals surface area contributed by atoms with Crippen molar-refractivity contribution in [3.05, 3.63) is 58.9 Å². The molecule has 2 saturated heterocycles. The zero-order valence-corrected chi connectivity index (χ0v) is 24.5. The highest BCUT2D eigenvalue weighted by Crippen LogP contribution is 2.45. The van der Waals surface area contributed by atoms with E-state index in [2.05, 4.69) is 28.0 Å². The number of ether oxygens (including phenoxy) is 1. The number of nitrogens with zero attached hydrogens (tertiary/aromatic N) is 7. The number of pyridine rings is 1. The Balaban J connectivity index is 1.18. The number of hydrogen-bond acceptors (Lipinski definition) is 10. The summed E-state index contributed by atoms with van der Waals surface area (Å²) in [6, 6.07) is 14.5. The average Bonchev–Trinajstić information content (AvgIpc) is 3.66. The number of carbonyl (C=O) groups excluding carboxylic acids is 1. The average molecular weight is 600 g/mol. The van der Waals surface area contributed by atoms with Crippen LogP contribution in [0.3, 0.4) is 0 Å². The maximum atomic E-state index is 13.6.